The van der Waals surface area contributed by atoms with E-state index in [4.69, 9.17) is 27.9 Å². The molecule has 0 N–H and O–H groups in total. The summed E-state index contributed by atoms with van der Waals surface area (Å²) in [6.45, 7) is 3.31. The Balaban J connectivity index is 2.06. The molecule has 0 atom stereocenters. The van der Waals surface area contributed by atoms with Gasteiger partial charge in [0.1, 0.15) is 34.0 Å². The van der Waals surface area contributed by atoms with Gasteiger partial charge in [0.2, 0.25) is 0 Å². The molecule has 0 saturated heterocycles. The number of aromatic nitrogens is 3. The van der Waals surface area contributed by atoms with Crippen molar-refractivity contribution in [3.63, 3.8) is 0 Å². The first-order valence-electron chi connectivity index (χ1n) is 8.32. The number of rotatable bonds is 5. The molecule has 0 aliphatic rings. The summed E-state index contributed by atoms with van der Waals surface area (Å²) in [6, 6.07) is 3.89. The van der Waals surface area contributed by atoms with Crippen LogP contribution in [0.1, 0.15) is 23.9 Å². The standard InChI is InChI=1S/C19H15Cl2F2N3O2/c1-3-13-10(2)26(12-4-5-24-16(20)7-12)19(27)17(21)18(13)28-9-15-14(23)6-11(22)8-25-15/h4-8H,3,9H2,1-2H3. The molecule has 0 aliphatic heterocycles. The van der Waals surface area contributed by atoms with Gasteiger partial charge in [0.25, 0.3) is 5.56 Å². The molecule has 0 radical (unpaired) electrons. The smallest absolute Gasteiger partial charge is 0.277 e. The maximum Gasteiger partial charge on any atom is 0.277 e. The zero-order chi connectivity index (χ0) is 20.4. The van der Waals surface area contributed by atoms with Gasteiger partial charge in [-0.3, -0.25) is 14.3 Å². The van der Waals surface area contributed by atoms with Crippen LogP contribution in [0.2, 0.25) is 10.2 Å². The van der Waals surface area contributed by atoms with Gasteiger partial charge in [-0.05, 0) is 25.5 Å². The zero-order valence-corrected chi connectivity index (χ0v) is 16.5. The molecule has 3 aromatic heterocycles. The third-order valence-electron chi connectivity index (χ3n) is 4.20. The summed E-state index contributed by atoms with van der Waals surface area (Å²) in [5.74, 6) is -1.48. The molecular weight excluding hydrogens is 411 g/mol. The highest BCUT2D eigenvalue weighted by Crippen LogP contribution is 2.31. The number of hydrogen-bond acceptors (Lipinski definition) is 4. The summed E-state index contributed by atoms with van der Waals surface area (Å²) in [6.07, 6.45) is 2.87. The largest absolute Gasteiger partial charge is 0.485 e. The molecule has 3 heterocycles. The molecule has 5 nitrogen and oxygen atoms in total. The molecule has 28 heavy (non-hydrogen) atoms. The molecule has 0 fully saturated rings. The van der Waals surface area contributed by atoms with Crippen molar-refractivity contribution in [2.75, 3.05) is 0 Å². The van der Waals surface area contributed by atoms with Crippen molar-refractivity contribution in [3.8, 4) is 11.4 Å². The highest BCUT2D eigenvalue weighted by Gasteiger charge is 2.21. The minimum absolute atomic E-state index is 0.0951. The molecule has 9 heteroatoms. The Morgan fingerprint density at radius 1 is 1.21 bits per heavy atom. The maximum absolute atomic E-state index is 13.8. The van der Waals surface area contributed by atoms with E-state index in [0.29, 0.717) is 29.4 Å². The Morgan fingerprint density at radius 2 is 1.96 bits per heavy atom. The van der Waals surface area contributed by atoms with Gasteiger partial charge in [-0.25, -0.2) is 13.8 Å². The van der Waals surface area contributed by atoms with Crippen LogP contribution in [0.4, 0.5) is 8.78 Å². The minimum Gasteiger partial charge on any atom is -0.485 e. The molecule has 3 aromatic rings. The average Bonchev–Trinajstić information content (AvgIpc) is 2.65. The Labute approximate surface area is 169 Å². The molecule has 3 rings (SSSR count). The van der Waals surface area contributed by atoms with E-state index in [1.165, 1.54) is 10.8 Å². The quantitative estimate of drug-likeness (QED) is 0.557. The Morgan fingerprint density at radius 3 is 2.61 bits per heavy atom. The molecule has 146 valence electrons. The van der Waals surface area contributed by atoms with Gasteiger partial charge in [-0.2, -0.15) is 0 Å². The Bertz CT molecular complexity index is 1100. The van der Waals surface area contributed by atoms with Crippen molar-refractivity contribution < 1.29 is 13.5 Å². The zero-order valence-electron chi connectivity index (χ0n) is 15.0. The van der Waals surface area contributed by atoms with E-state index in [0.717, 1.165) is 6.20 Å². The monoisotopic (exact) mass is 425 g/mol. The van der Waals surface area contributed by atoms with Gasteiger partial charge in [0.15, 0.2) is 5.82 Å². The fourth-order valence-electron chi connectivity index (χ4n) is 2.88. The van der Waals surface area contributed by atoms with E-state index in [1.54, 1.807) is 19.1 Å². The van der Waals surface area contributed by atoms with E-state index in [2.05, 4.69) is 9.97 Å². The summed E-state index contributed by atoms with van der Waals surface area (Å²) in [5, 5.41) is 0.0778. The van der Waals surface area contributed by atoms with Gasteiger partial charge in [-0.15, -0.1) is 0 Å². The van der Waals surface area contributed by atoms with Gasteiger partial charge < -0.3 is 4.74 Å². The van der Waals surface area contributed by atoms with Crippen molar-refractivity contribution in [1.82, 2.24) is 14.5 Å². The first-order chi connectivity index (χ1) is 13.3. The van der Waals surface area contributed by atoms with Gasteiger partial charge in [0, 0.05) is 23.5 Å². The van der Waals surface area contributed by atoms with Crippen LogP contribution in [0, 0.1) is 18.6 Å². The third kappa shape index (κ3) is 3.86. The Kier molecular flexibility index (Phi) is 5.96. The molecule has 0 unspecified atom stereocenters. The first kappa shape index (κ1) is 20.2. The van der Waals surface area contributed by atoms with Crippen LogP contribution in [-0.4, -0.2) is 14.5 Å². The molecule has 0 amide bonds. The predicted octanol–water partition coefficient (Wildman–Crippen LogP) is 4.66. The number of nitrogens with zero attached hydrogens (tertiary/aromatic N) is 3. The van der Waals surface area contributed by atoms with Crippen LogP contribution in [0.3, 0.4) is 0 Å². The number of hydrogen-bond donors (Lipinski definition) is 0. The van der Waals surface area contributed by atoms with Crippen LogP contribution < -0.4 is 10.3 Å². The van der Waals surface area contributed by atoms with E-state index < -0.39 is 17.2 Å². The van der Waals surface area contributed by atoms with Crippen molar-refractivity contribution in [2.24, 2.45) is 0 Å². The minimum atomic E-state index is -0.842. The van der Waals surface area contributed by atoms with Crippen molar-refractivity contribution in [1.29, 1.82) is 0 Å². The summed E-state index contributed by atoms with van der Waals surface area (Å²) in [5.41, 5.74) is 1.17. The van der Waals surface area contributed by atoms with Crippen molar-refractivity contribution >= 4 is 23.2 Å². The van der Waals surface area contributed by atoms with Crippen molar-refractivity contribution in [2.45, 2.75) is 26.9 Å². The normalized spacial score (nSPS) is 10.9. The SMILES string of the molecule is CCc1c(OCc2ncc(F)cc2F)c(Cl)c(=O)n(-c2ccnc(Cl)c2)c1C. The lowest BCUT2D eigenvalue weighted by Crippen LogP contribution is -2.24. The fraction of sp³-hybridized carbons (Fsp3) is 0.211. The molecule has 0 bridgehead atoms. The van der Waals surface area contributed by atoms with E-state index in [1.807, 2.05) is 6.92 Å². The topological polar surface area (TPSA) is 57.0 Å². The van der Waals surface area contributed by atoms with Crippen LogP contribution in [0.5, 0.6) is 5.75 Å². The van der Waals surface area contributed by atoms with E-state index in [-0.39, 0.29) is 28.2 Å². The highest BCUT2D eigenvalue weighted by molar-refractivity contribution is 6.32. The van der Waals surface area contributed by atoms with Crippen LogP contribution in [0.15, 0.2) is 35.4 Å². The second-order valence-corrected chi connectivity index (χ2v) is 6.67. The second-order valence-electron chi connectivity index (χ2n) is 5.91. The molecule has 0 saturated carbocycles. The van der Waals surface area contributed by atoms with Crippen LogP contribution >= 0.6 is 23.2 Å². The number of halogens is 4. The lowest BCUT2D eigenvalue weighted by molar-refractivity contribution is 0.289. The fourth-order valence-corrected chi connectivity index (χ4v) is 3.30. The van der Waals surface area contributed by atoms with E-state index in [9.17, 15) is 13.6 Å². The van der Waals surface area contributed by atoms with Crippen LogP contribution in [0.25, 0.3) is 5.69 Å². The van der Waals surface area contributed by atoms with Gasteiger partial charge in [0.05, 0.1) is 11.9 Å². The summed E-state index contributed by atoms with van der Waals surface area (Å²) < 4.78 is 33.9. The second kappa shape index (κ2) is 8.24. The average molecular weight is 426 g/mol. The highest BCUT2D eigenvalue weighted by atomic mass is 35.5. The molecule has 0 spiro atoms. The van der Waals surface area contributed by atoms with Gasteiger partial charge in [-0.1, -0.05) is 30.1 Å². The number of pyridine rings is 3. The maximum atomic E-state index is 13.8. The summed E-state index contributed by atoms with van der Waals surface area (Å²) in [4.78, 5) is 20.4. The van der Waals surface area contributed by atoms with Crippen LogP contribution in [-0.2, 0) is 13.0 Å². The number of ether oxygens (including phenoxy) is 1. The van der Waals surface area contributed by atoms with E-state index >= 15 is 0 Å². The first-order valence-corrected chi connectivity index (χ1v) is 9.07. The predicted molar refractivity (Wildman–Crippen MR) is 102 cm³/mol. The molecule has 0 aromatic carbocycles. The summed E-state index contributed by atoms with van der Waals surface area (Å²) in [7, 11) is 0. The van der Waals surface area contributed by atoms with Crippen molar-refractivity contribution in [3.05, 3.63) is 79.7 Å². The lowest BCUT2D eigenvalue weighted by Gasteiger charge is -2.19. The third-order valence-corrected chi connectivity index (χ3v) is 4.74. The van der Waals surface area contributed by atoms with Gasteiger partial charge >= 0.3 is 0 Å². The lowest BCUT2D eigenvalue weighted by atomic mass is 10.1. The molecular formula is C19H15Cl2F2N3O2. The Hall–Kier alpha value is -2.51. The summed E-state index contributed by atoms with van der Waals surface area (Å²) >= 11 is 12.2. The molecule has 0 aliphatic carbocycles.